The van der Waals surface area contributed by atoms with Crippen LogP contribution in [0.1, 0.15) is 46.0 Å². The number of carbonyl (C=O) groups excluding carboxylic acids is 2. The number of nitrogens with one attached hydrogen (secondary N) is 2. The maximum absolute atomic E-state index is 12.8. The van der Waals surface area contributed by atoms with Crippen LogP contribution in [-0.4, -0.2) is 42.7 Å². The van der Waals surface area contributed by atoms with Crippen LogP contribution in [0.4, 0.5) is 5.13 Å². The number of benzene rings is 2. The Labute approximate surface area is 207 Å². The number of halogens is 1. The number of hydrogen-bond donors (Lipinski definition) is 2. The number of rotatable bonds is 10. The molecule has 2 N–H and O–H groups in total. The van der Waals surface area contributed by atoms with Gasteiger partial charge in [-0.25, -0.2) is 8.42 Å². The fourth-order valence-corrected chi connectivity index (χ4v) is 5.76. The van der Waals surface area contributed by atoms with Crippen LogP contribution in [0, 0.1) is 5.92 Å². The molecule has 0 aliphatic carbocycles. The first-order valence-electron chi connectivity index (χ1n) is 10.7. The zero-order chi connectivity index (χ0) is 24.7. The first-order valence-corrected chi connectivity index (χ1v) is 13.5. The van der Waals surface area contributed by atoms with Gasteiger partial charge in [0.15, 0.2) is 9.84 Å². The van der Waals surface area contributed by atoms with Crippen LogP contribution in [0.2, 0.25) is 5.02 Å². The van der Waals surface area contributed by atoms with E-state index < -0.39 is 15.7 Å². The summed E-state index contributed by atoms with van der Waals surface area (Å²) in [5.41, 5.74) is 0.450. The normalized spacial score (nSPS) is 11.4. The Hall–Kier alpha value is -2.82. The summed E-state index contributed by atoms with van der Waals surface area (Å²) in [7, 11) is -3.61. The molecule has 11 heteroatoms. The predicted octanol–water partition coefficient (Wildman–Crippen LogP) is 4.24. The van der Waals surface area contributed by atoms with Gasteiger partial charge in [0.2, 0.25) is 5.13 Å². The van der Waals surface area contributed by atoms with Crippen molar-refractivity contribution in [3.8, 4) is 0 Å². The minimum Gasteiger partial charge on any atom is -0.352 e. The standard InChI is InChI=1S/C23H25ClN4O4S2/c1-15(2)12-14-34(31,32)19-10-6-4-8-17(19)22(30)26-23-28-27-20(33-23)11-13-25-21(29)16-7-3-5-9-18(16)24/h3-10,15H,11-14H2,1-2H3,(H,25,29)(H,26,28,30). The summed E-state index contributed by atoms with van der Waals surface area (Å²) in [6.07, 6.45) is 0.912. The lowest BCUT2D eigenvalue weighted by molar-refractivity contribution is 0.0953. The van der Waals surface area contributed by atoms with E-state index >= 15 is 0 Å². The molecule has 0 aliphatic rings. The Balaban J connectivity index is 1.61. The fraction of sp³-hybridized carbons (Fsp3) is 0.304. The predicted molar refractivity (Wildman–Crippen MR) is 133 cm³/mol. The summed E-state index contributed by atoms with van der Waals surface area (Å²) in [6, 6.07) is 12.9. The molecule has 1 heterocycles. The van der Waals surface area contributed by atoms with Gasteiger partial charge in [0.05, 0.1) is 26.8 Å². The highest BCUT2D eigenvalue weighted by molar-refractivity contribution is 7.91. The summed E-state index contributed by atoms with van der Waals surface area (Å²) in [4.78, 5) is 25.0. The van der Waals surface area contributed by atoms with Gasteiger partial charge in [0.1, 0.15) is 5.01 Å². The lowest BCUT2D eigenvalue weighted by Crippen LogP contribution is -2.25. The second-order valence-corrected chi connectivity index (χ2v) is 11.5. The van der Waals surface area contributed by atoms with Gasteiger partial charge >= 0.3 is 0 Å². The van der Waals surface area contributed by atoms with E-state index in [2.05, 4.69) is 20.8 Å². The van der Waals surface area contributed by atoms with Gasteiger partial charge in [-0.1, -0.05) is 61.1 Å². The van der Waals surface area contributed by atoms with Crippen molar-refractivity contribution >= 4 is 49.7 Å². The van der Waals surface area contributed by atoms with Crippen molar-refractivity contribution in [2.45, 2.75) is 31.6 Å². The third kappa shape index (κ3) is 6.85. The van der Waals surface area contributed by atoms with Crippen molar-refractivity contribution < 1.29 is 18.0 Å². The van der Waals surface area contributed by atoms with Crippen molar-refractivity contribution in [1.82, 2.24) is 15.5 Å². The van der Waals surface area contributed by atoms with Crippen LogP contribution in [0.15, 0.2) is 53.4 Å². The molecule has 3 aromatic rings. The summed E-state index contributed by atoms with van der Waals surface area (Å²) in [6.45, 7) is 4.20. The molecule has 1 aromatic heterocycles. The second kappa shape index (κ2) is 11.5. The van der Waals surface area contributed by atoms with Crippen LogP contribution in [0.5, 0.6) is 0 Å². The lowest BCUT2D eigenvalue weighted by Gasteiger charge is -2.11. The van der Waals surface area contributed by atoms with E-state index in [0.29, 0.717) is 35.0 Å². The average Bonchev–Trinajstić information content (AvgIpc) is 3.25. The molecule has 180 valence electrons. The molecule has 2 amide bonds. The van der Waals surface area contributed by atoms with Gasteiger partial charge in [-0.05, 0) is 36.6 Å². The highest BCUT2D eigenvalue weighted by Crippen LogP contribution is 2.22. The number of anilines is 1. The monoisotopic (exact) mass is 520 g/mol. The molecule has 2 aromatic carbocycles. The zero-order valence-corrected chi connectivity index (χ0v) is 21.1. The van der Waals surface area contributed by atoms with E-state index in [1.165, 1.54) is 12.1 Å². The Kier molecular flexibility index (Phi) is 8.76. The molecule has 3 rings (SSSR count). The molecule has 34 heavy (non-hydrogen) atoms. The van der Waals surface area contributed by atoms with Gasteiger partial charge in [0.25, 0.3) is 11.8 Å². The Morgan fingerprint density at radius 2 is 1.68 bits per heavy atom. The topological polar surface area (TPSA) is 118 Å². The molecule has 0 aliphatic heterocycles. The molecule has 0 fully saturated rings. The van der Waals surface area contributed by atoms with Crippen molar-refractivity contribution in [2.24, 2.45) is 5.92 Å². The first kappa shape index (κ1) is 25.8. The van der Waals surface area contributed by atoms with Crippen LogP contribution in [0.3, 0.4) is 0 Å². The molecule has 8 nitrogen and oxygen atoms in total. The van der Waals surface area contributed by atoms with Crippen LogP contribution >= 0.6 is 22.9 Å². The molecule has 0 radical (unpaired) electrons. The van der Waals surface area contributed by atoms with Gasteiger partial charge in [-0.2, -0.15) is 0 Å². The SMILES string of the molecule is CC(C)CCS(=O)(=O)c1ccccc1C(=O)Nc1nnc(CCNC(=O)c2ccccc2Cl)s1. The third-order valence-corrected chi connectivity index (χ3v) is 7.89. The smallest absolute Gasteiger partial charge is 0.258 e. The molecule has 0 bridgehead atoms. The maximum atomic E-state index is 12.8. The number of sulfone groups is 1. The van der Waals surface area contributed by atoms with Crippen molar-refractivity contribution in [3.05, 3.63) is 69.7 Å². The van der Waals surface area contributed by atoms with E-state index in [1.54, 1.807) is 36.4 Å². The largest absolute Gasteiger partial charge is 0.352 e. The van der Waals surface area contributed by atoms with E-state index in [9.17, 15) is 18.0 Å². The third-order valence-electron chi connectivity index (χ3n) is 4.86. The van der Waals surface area contributed by atoms with Crippen molar-refractivity contribution in [3.63, 3.8) is 0 Å². The Morgan fingerprint density at radius 3 is 2.38 bits per heavy atom. The number of aromatic nitrogens is 2. The van der Waals surface area contributed by atoms with E-state index in [-0.39, 0.29) is 33.2 Å². The summed E-state index contributed by atoms with van der Waals surface area (Å²) in [5.74, 6) is -0.667. The van der Waals surface area contributed by atoms with E-state index in [0.717, 1.165) is 11.3 Å². The molecule has 0 atom stereocenters. The number of carbonyl (C=O) groups is 2. The Bertz CT molecular complexity index is 1280. The number of nitrogens with zero attached hydrogens (tertiary/aromatic N) is 2. The molecular weight excluding hydrogens is 496 g/mol. The van der Waals surface area contributed by atoms with Crippen LogP contribution in [0.25, 0.3) is 0 Å². The van der Waals surface area contributed by atoms with Crippen LogP contribution < -0.4 is 10.6 Å². The minimum absolute atomic E-state index is 0.000161. The number of amides is 2. The second-order valence-electron chi connectivity index (χ2n) is 7.94. The summed E-state index contributed by atoms with van der Waals surface area (Å²) >= 11 is 7.18. The van der Waals surface area contributed by atoms with Crippen LogP contribution in [-0.2, 0) is 16.3 Å². The summed E-state index contributed by atoms with van der Waals surface area (Å²) < 4.78 is 25.5. The molecule has 0 saturated carbocycles. The quantitative estimate of drug-likeness (QED) is 0.413. The molecule has 0 spiro atoms. The molecule has 0 saturated heterocycles. The summed E-state index contributed by atoms with van der Waals surface area (Å²) in [5, 5.41) is 14.6. The molecule has 0 unspecified atom stereocenters. The van der Waals surface area contributed by atoms with Gasteiger partial charge in [-0.15, -0.1) is 10.2 Å². The molecular formula is C23H25ClN4O4S2. The highest BCUT2D eigenvalue weighted by Gasteiger charge is 2.23. The minimum atomic E-state index is -3.61. The van der Waals surface area contributed by atoms with Gasteiger partial charge < -0.3 is 5.32 Å². The average molecular weight is 521 g/mol. The highest BCUT2D eigenvalue weighted by atomic mass is 35.5. The fourth-order valence-electron chi connectivity index (χ4n) is 3.02. The van der Waals surface area contributed by atoms with Gasteiger partial charge in [-0.3, -0.25) is 14.9 Å². The Morgan fingerprint density at radius 1 is 1.00 bits per heavy atom. The first-order chi connectivity index (χ1) is 16.2. The number of hydrogen-bond acceptors (Lipinski definition) is 7. The van der Waals surface area contributed by atoms with E-state index in [1.807, 2.05) is 13.8 Å². The van der Waals surface area contributed by atoms with E-state index in [4.69, 9.17) is 11.6 Å². The maximum Gasteiger partial charge on any atom is 0.258 e. The van der Waals surface area contributed by atoms with Gasteiger partial charge in [0, 0.05) is 13.0 Å². The van der Waals surface area contributed by atoms with Crippen molar-refractivity contribution in [2.75, 3.05) is 17.6 Å². The van der Waals surface area contributed by atoms with Crippen molar-refractivity contribution in [1.29, 1.82) is 0 Å². The lowest BCUT2D eigenvalue weighted by atomic mass is 10.2. The zero-order valence-electron chi connectivity index (χ0n) is 18.7.